The van der Waals surface area contributed by atoms with E-state index in [1.54, 1.807) is 0 Å². The maximum Gasteiger partial charge on any atom is 0.472 e. The molecule has 1 N–H and O–H groups in total. The SMILES string of the molecule is CCCCCc1oc(CCCCCCCCCCC(=O)OC[C@H](COP(=O)(O)OCCN(C)C)OC(=O)CCCCCCCCc2oc(CCC)c(C)c2C)c(C)c1C. The molecule has 0 aliphatic carbocycles. The van der Waals surface area contributed by atoms with Crippen LogP contribution in [0.15, 0.2) is 8.83 Å². The minimum absolute atomic E-state index is 0.00643. The summed E-state index contributed by atoms with van der Waals surface area (Å²) in [4.78, 5) is 37.3. The summed E-state index contributed by atoms with van der Waals surface area (Å²) in [6, 6.07) is 0. The van der Waals surface area contributed by atoms with E-state index in [0.717, 1.165) is 107 Å². The fraction of sp³-hybridized carbons (Fsp3) is 0.787. The average molecular weight is 852 g/mol. The lowest BCUT2D eigenvalue weighted by Crippen LogP contribution is -2.29. The van der Waals surface area contributed by atoms with Gasteiger partial charge in [-0.1, -0.05) is 90.9 Å². The van der Waals surface area contributed by atoms with E-state index in [4.69, 9.17) is 27.4 Å². The van der Waals surface area contributed by atoms with Crippen molar-refractivity contribution in [3.05, 3.63) is 45.3 Å². The molecule has 59 heavy (non-hydrogen) atoms. The van der Waals surface area contributed by atoms with Crippen LogP contribution < -0.4 is 0 Å². The topological polar surface area (TPSA) is 138 Å². The third kappa shape index (κ3) is 22.8. The summed E-state index contributed by atoms with van der Waals surface area (Å²) in [7, 11) is -0.750. The second kappa shape index (κ2) is 30.6. The van der Waals surface area contributed by atoms with Gasteiger partial charge in [0.15, 0.2) is 6.10 Å². The van der Waals surface area contributed by atoms with Crippen molar-refractivity contribution in [3.8, 4) is 0 Å². The largest absolute Gasteiger partial charge is 0.472 e. The molecule has 12 heteroatoms. The highest BCUT2D eigenvalue weighted by molar-refractivity contribution is 7.47. The number of phosphoric ester groups is 1. The van der Waals surface area contributed by atoms with Crippen molar-refractivity contribution in [1.29, 1.82) is 0 Å². The Labute approximate surface area is 357 Å². The zero-order valence-corrected chi connectivity index (χ0v) is 39.3. The van der Waals surface area contributed by atoms with Gasteiger partial charge in [-0.25, -0.2) is 4.57 Å². The normalized spacial score (nSPS) is 13.3. The molecule has 0 radical (unpaired) electrons. The van der Waals surface area contributed by atoms with Gasteiger partial charge in [0.2, 0.25) is 0 Å². The first kappa shape index (κ1) is 52.7. The summed E-state index contributed by atoms with van der Waals surface area (Å²) in [6.45, 7) is 12.8. The smallest absolute Gasteiger partial charge is 0.466 e. The number of phosphoric acid groups is 1. The van der Waals surface area contributed by atoms with Gasteiger partial charge in [0.1, 0.15) is 29.6 Å². The lowest BCUT2D eigenvalue weighted by Gasteiger charge is -2.20. The van der Waals surface area contributed by atoms with E-state index >= 15 is 0 Å². The molecule has 2 atom stereocenters. The highest BCUT2D eigenvalue weighted by atomic mass is 31.2. The fourth-order valence-corrected chi connectivity index (χ4v) is 7.95. The van der Waals surface area contributed by atoms with Gasteiger partial charge in [-0.15, -0.1) is 0 Å². The summed E-state index contributed by atoms with van der Waals surface area (Å²) in [6.07, 6.45) is 22.5. The molecule has 0 aromatic carbocycles. The zero-order valence-electron chi connectivity index (χ0n) is 38.4. The number of carbonyl (C=O) groups excluding carboxylic acids is 2. The van der Waals surface area contributed by atoms with Gasteiger partial charge in [-0.2, -0.15) is 0 Å². The first-order valence-electron chi connectivity index (χ1n) is 23.0. The summed E-state index contributed by atoms with van der Waals surface area (Å²) >= 11 is 0. The van der Waals surface area contributed by atoms with Crippen molar-refractivity contribution in [1.82, 2.24) is 4.90 Å². The maximum absolute atomic E-state index is 12.8. The molecule has 340 valence electrons. The molecule has 0 fully saturated rings. The van der Waals surface area contributed by atoms with Crippen LogP contribution in [0.5, 0.6) is 0 Å². The molecule has 0 amide bonds. The van der Waals surface area contributed by atoms with E-state index in [9.17, 15) is 19.0 Å². The molecule has 0 aliphatic heterocycles. The standard InChI is InChI=1S/C47H82NO10P/c1-9-11-22-28-43-39(5)40(6)45(58-43)30-23-18-14-12-13-15-20-25-31-46(49)53-35-41(36-55-59(51,52)54-34-33-48(7)8)56-47(50)32-26-21-17-16-19-24-29-44-38(4)37(3)42(57-44)27-10-2/h41H,9-36H2,1-8H3,(H,51,52)/t41-/m1/s1. The Hall–Kier alpha value is -2.43. The van der Waals surface area contributed by atoms with E-state index in [0.29, 0.717) is 19.4 Å². The van der Waals surface area contributed by atoms with Crippen molar-refractivity contribution in [2.75, 3.05) is 40.5 Å². The number of nitrogens with zero attached hydrogens (tertiary/aromatic N) is 1. The van der Waals surface area contributed by atoms with Crippen LogP contribution in [0.1, 0.15) is 188 Å². The first-order chi connectivity index (χ1) is 28.3. The number of ether oxygens (including phenoxy) is 2. The monoisotopic (exact) mass is 852 g/mol. The lowest BCUT2D eigenvalue weighted by molar-refractivity contribution is -0.161. The van der Waals surface area contributed by atoms with Crippen molar-refractivity contribution in [3.63, 3.8) is 0 Å². The second-order valence-corrected chi connectivity index (χ2v) is 18.2. The zero-order chi connectivity index (χ0) is 43.5. The van der Waals surface area contributed by atoms with E-state index in [1.807, 2.05) is 19.0 Å². The van der Waals surface area contributed by atoms with E-state index in [1.165, 1.54) is 66.5 Å². The first-order valence-corrected chi connectivity index (χ1v) is 24.5. The molecular weight excluding hydrogens is 769 g/mol. The molecule has 2 aromatic rings. The number of carbonyl (C=O) groups is 2. The molecule has 2 rings (SSSR count). The molecule has 11 nitrogen and oxygen atoms in total. The average Bonchev–Trinajstić information content (AvgIpc) is 3.62. The molecule has 0 saturated heterocycles. The van der Waals surface area contributed by atoms with Crippen molar-refractivity contribution < 1.29 is 46.4 Å². The molecule has 1 unspecified atom stereocenters. The highest BCUT2D eigenvalue weighted by Crippen LogP contribution is 2.43. The van der Waals surface area contributed by atoms with Crippen LogP contribution in [-0.2, 0) is 58.4 Å². The third-order valence-electron chi connectivity index (χ3n) is 11.3. The highest BCUT2D eigenvalue weighted by Gasteiger charge is 2.26. The number of likely N-dealkylation sites (N-methyl/N-ethyl adjacent to an activating group) is 1. The number of hydrogen-bond acceptors (Lipinski definition) is 10. The van der Waals surface area contributed by atoms with Gasteiger partial charge in [0, 0.05) is 45.1 Å². The van der Waals surface area contributed by atoms with Gasteiger partial charge in [-0.3, -0.25) is 18.6 Å². The Morgan fingerprint density at radius 3 is 1.46 bits per heavy atom. The molecule has 0 aliphatic rings. The van der Waals surface area contributed by atoms with Crippen LogP contribution in [-0.4, -0.2) is 68.3 Å². The molecule has 0 bridgehead atoms. The van der Waals surface area contributed by atoms with Crippen LogP contribution in [0.4, 0.5) is 0 Å². The third-order valence-corrected chi connectivity index (χ3v) is 12.3. The molecule has 0 saturated carbocycles. The predicted octanol–water partition coefficient (Wildman–Crippen LogP) is 12.0. The molecule has 0 spiro atoms. The van der Waals surface area contributed by atoms with E-state index in [-0.39, 0.29) is 26.1 Å². The Bertz CT molecular complexity index is 1500. The number of aryl methyl sites for hydroxylation is 4. The van der Waals surface area contributed by atoms with Gasteiger partial charge in [0.05, 0.1) is 13.2 Å². The predicted molar refractivity (Wildman–Crippen MR) is 236 cm³/mol. The van der Waals surface area contributed by atoms with Crippen LogP contribution >= 0.6 is 7.82 Å². The van der Waals surface area contributed by atoms with Crippen LogP contribution in [0.25, 0.3) is 0 Å². The van der Waals surface area contributed by atoms with Crippen LogP contribution in [0, 0.1) is 27.7 Å². The number of furan rings is 2. The minimum atomic E-state index is -4.39. The Morgan fingerprint density at radius 1 is 0.576 bits per heavy atom. The summed E-state index contributed by atoms with van der Waals surface area (Å²) in [5, 5.41) is 0. The molecular formula is C47H82NO10P. The van der Waals surface area contributed by atoms with E-state index in [2.05, 4.69) is 41.5 Å². The van der Waals surface area contributed by atoms with Crippen LogP contribution in [0.2, 0.25) is 0 Å². The van der Waals surface area contributed by atoms with Gasteiger partial charge < -0.3 is 28.1 Å². The van der Waals surface area contributed by atoms with Gasteiger partial charge in [-0.05, 0) is 103 Å². The molecule has 2 aromatic heterocycles. The second-order valence-electron chi connectivity index (χ2n) is 16.7. The fourth-order valence-electron chi connectivity index (χ4n) is 7.21. The van der Waals surface area contributed by atoms with Crippen LogP contribution in [0.3, 0.4) is 0 Å². The summed E-state index contributed by atoms with van der Waals surface area (Å²) < 4.78 is 46.0. The number of hydrogen-bond donors (Lipinski definition) is 1. The Kier molecular flexibility index (Phi) is 27.3. The molecule has 2 heterocycles. The van der Waals surface area contributed by atoms with Gasteiger partial charge in [0.25, 0.3) is 0 Å². The minimum Gasteiger partial charge on any atom is -0.466 e. The Morgan fingerprint density at radius 2 is 1.00 bits per heavy atom. The number of rotatable bonds is 36. The number of esters is 2. The summed E-state index contributed by atoms with van der Waals surface area (Å²) in [5.41, 5.74) is 5.23. The van der Waals surface area contributed by atoms with Crippen molar-refractivity contribution in [2.24, 2.45) is 0 Å². The maximum atomic E-state index is 12.8. The van der Waals surface area contributed by atoms with Crippen molar-refractivity contribution in [2.45, 2.75) is 202 Å². The quantitative estimate of drug-likeness (QED) is 0.0398. The number of unbranched alkanes of at least 4 members (excludes halogenated alkanes) is 14. The lowest BCUT2D eigenvalue weighted by atomic mass is 10.0. The summed E-state index contributed by atoms with van der Waals surface area (Å²) in [5.74, 6) is 3.72. The van der Waals surface area contributed by atoms with Gasteiger partial charge >= 0.3 is 19.8 Å². The van der Waals surface area contributed by atoms with Crippen molar-refractivity contribution >= 4 is 19.8 Å². The Balaban J connectivity index is 1.64. The van der Waals surface area contributed by atoms with E-state index < -0.39 is 32.5 Å².